The van der Waals surface area contributed by atoms with Crippen molar-refractivity contribution in [3.8, 4) is 11.5 Å². The normalized spacial score (nSPS) is 15.4. The maximum absolute atomic E-state index is 12.5. The second kappa shape index (κ2) is 7.75. The van der Waals surface area contributed by atoms with Crippen molar-refractivity contribution in [1.29, 1.82) is 0 Å². The lowest BCUT2D eigenvalue weighted by Crippen LogP contribution is -2.30. The Kier molecular flexibility index (Phi) is 4.99. The molecule has 29 heavy (non-hydrogen) atoms. The largest absolute Gasteiger partial charge is 0.486 e. The molecule has 2 aliphatic rings. The van der Waals surface area contributed by atoms with E-state index in [2.05, 4.69) is 0 Å². The molecule has 1 fully saturated rings. The van der Waals surface area contributed by atoms with Crippen LogP contribution in [0.4, 0.5) is 5.69 Å². The van der Waals surface area contributed by atoms with Crippen molar-refractivity contribution in [1.82, 2.24) is 0 Å². The molecular formula is C21H17NO7. The lowest BCUT2D eigenvalue weighted by molar-refractivity contribution is -0.121. The van der Waals surface area contributed by atoms with Crippen LogP contribution in [0, 0.1) is 0 Å². The number of amides is 2. The summed E-state index contributed by atoms with van der Waals surface area (Å²) >= 11 is 0. The summed E-state index contributed by atoms with van der Waals surface area (Å²) in [4.78, 5) is 50.0. The van der Waals surface area contributed by atoms with Crippen LogP contribution in [0.25, 0.3) is 0 Å². The third-order valence-corrected chi connectivity index (χ3v) is 4.61. The molecule has 0 atom stereocenters. The summed E-state index contributed by atoms with van der Waals surface area (Å²) in [7, 11) is 0. The Labute approximate surface area is 166 Å². The van der Waals surface area contributed by atoms with E-state index >= 15 is 0 Å². The van der Waals surface area contributed by atoms with Crippen molar-refractivity contribution in [3.63, 3.8) is 0 Å². The van der Waals surface area contributed by atoms with Crippen molar-refractivity contribution in [2.75, 3.05) is 24.7 Å². The van der Waals surface area contributed by atoms with Gasteiger partial charge in [0.1, 0.15) is 13.2 Å². The van der Waals surface area contributed by atoms with Crippen LogP contribution in [-0.4, -0.2) is 43.4 Å². The minimum Gasteiger partial charge on any atom is -0.486 e. The lowest BCUT2D eigenvalue weighted by atomic mass is 10.1. The third kappa shape index (κ3) is 3.69. The molecule has 0 radical (unpaired) electrons. The first-order valence-corrected chi connectivity index (χ1v) is 9.09. The van der Waals surface area contributed by atoms with E-state index in [9.17, 15) is 19.2 Å². The summed E-state index contributed by atoms with van der Waals surface area (Å²) in [6.07, 6.45) is 0.204. The van der Waals surface area contributed by atoms with Crippen LogP contribution in [0.5, 0.6) is 11.5 Å². The highest BCUT2D eigenvalue weighted by atomic mass is 16.6. The molecule has 2 amide bonds. The zero-order valence-corrected chi connectivity index (χ0v) is 15.4. The minimum absolute atomic E-state index is 0.0473. The zero-order chi connectivity index (χ0) is 20.4. The highest BCUT2D eigenvalue weighted by Crippen LogP contribution is 2.31. The van der Waals surface area contributed by atoms with Gasteiger partial charge in [0, 0.05) is 18.4 Å². The first kappa shape index (κ1) is 18.7. The van der Waals surface area contributed by atoms with Crippen molar-refractivity contribution in [2.24, 2.45) is 0 Å². The predicted molar refractivity (Wildman–Crippen MR) is 100 cm³/mol. The average Bonchev–Trinajstić information content (AvgIpc) is 3.09. The highest BCUT2D eigenvalue weighted by Gasteiger charge is 2.33. The van der Waals surface area contributed by atoms with Crippen molar-refractivity contribution < 1.29 is 33.4 Å². The quantitative estimate of drug-likeness (QED) is 0.434. The Morgan fingerprint density at radius 2 is 1.62 bits per heavy atom. The molecule has 8 heteroatoms. The minimum atomic E-state index is -0.793. The van der Waals surface area contributed by atoms with Gasteiger partial charge in [-0.25, -0.2) is 9.69 Å². The van der Waals surface area contributed by atoms with Crippen LogP contribution in [0.1, 0.15) is 33.6 Å². The number of para-hydroxylation sites is 1. The van der Waals surface area contributed by atoms with Gasteiger partial charge in [0.25, 0.3) is 0 Å². The summed E-state index contributed by atoms with van der Waals surface area (Å²) in [6.45, 7) is 0.346. The number of benzene rings is 2. The maximum atomic E-state index is 12.5. The predicted octanol–water partition coefficient (Wildman–Crippen LogP) is 2.15. The number of imide groups is 1. The number of carbonyl (C=O) groups excluding carboxylic acids is 4. The molecular weight excluding hydrogens is 378 g/mol. The van der Waals surface area contributed by atoms with Gasteiger partial charge < -0.3 is 14.2 Å². The molecule has 2 aliphatic heterocycles. The monoisotopic (exact) mass is 395 g/mol. The molecule has 1 saturated heterocycles. The second-order valence-electron chi connectivity index (χ2n) is 6.50. The van der Waals surface area contributed by atoms with E-state index in [0.717, 1.165) is 4.90 Å². The molecule has 148 valence electrons. The van der Waals surface area contributed by atoms with Crippen molar-refractivity contribution in [2.45, 2.75) is 12.8 Å². The first-order valence-electron chi connectivity index (χ1n) is 9.09. The fraction of sp³-hybridized carbons (Fsp3) is 0.238. The zero-order valence-electron chi connectivity index (χ0n) is 15.4. The van der Waals surface area contributed by atoms with Crippen molar-refractivity contribution in [3.05, 3.63) is 53.6 Å². The Hall–Kier alpha value is -3.68. The first-order chi connectivity index (χ1) is 14.0. The van der Waals surface area contributed by atoms with Crippen LogP contribution in [-0.2, 0) is 14.3 Å². The molecule has 4 rings (SSSR count). The van der Waals surface area contributed by atoms with Crippen molar-refractivity contribution >= 4 is 29.3 Å². The van der Waals surface area contributed by atoms with E-state index < -0.39 is 18.4 Å². The number of nitrogens with zero attached hydrogens (tertiary/aromatic N) is 1. The molecule has 0 spiro atoms. The van der Waals surface area contributed by atoms with E-state index in [4.69, 9.17) is 14.2 Å². The molecule has 2 aromatic carbocycles. The number of esters is 1. The number of hydrogen-bond donors (Lipinski definition) is 0. The van der Waals surface area contributed by atoms with Gasteiger partial charge in [0.15, 0.2) is 23.9 Å². The number of hydrogen-bond acceptors (Lipinski definition) is 7. The number of carbonyl (C=O) groups is 4. The van der Waals surface area contributed by atoms with Crippen LogP contribution in [0.2, 0.25) is 0 Å². The van der Waals surface area contributed by atoms with Gasteiger partial charge >= 0.3 is 5.97 Å². The maximum Gasteiger partial charge on any atom is 0.340 e. The molecule has 0 bridgehead atoms. The number of rotatable bonds is 5. The molecule has 0 aromatic heterocycles. The Morgan fingerprint density at radius 3 is 2.38 bits per heavy atom. The number of Topliss-reactive ketones (excluding diaryl/α,β-unsaturated/α-hetero) is 1. The van der Waals surface area contributed by atoms with Gasteiger partial charge in [0.2, 0.25) is 11.8 Å². The lowest BCUT2D eigenvalue weighted by Gasteiger charge is -2.19. The number of anilines is 1. The molecule has 0 unspecified atom stereocenters. The summed E-state index contributed by atoms with van der Waals surface area (Å²) in [5.41, 5.74) is 0.531. The molecule has 0 N–H and O–H groups in total. The Balaban J connectivity index is 1.47. The Bertz CT molecular complexity index is 998. The fourth-order valence-corrected chi connectivity index (χ4v) is 3.20. The van der Waals surface area contributed by atoms with Gasteiger partial charge in [-0.15, -0.1) is 0 Å². The van der Waals surface area contributed by atoms with Crippen LogP contribution < -0.4 is 14.4 Å². The molecule has 0 saturated carbocycles. The second-order valence-corrected chi connectivity index (χ2v) is 6.50. The molecule has 0 aliphatic carbocycles. The van der Waals surface area contributed by atoms with Gasteiger partial charge in [-0.1, -0.05) is 12.1 Å². The smallest absolute Gasteiger partial charge is 0.340 e. The number of ketones is 1. The summed E-state index contributed by atoms with van der Waals surface area (Å²) in [6, 6.07) is 10.9. The number of fused-ring (bicyclic) bond motifs is 1. The average molecular weight is 395 g/mol. The van der Waals surface area contributed by atoms with Gasteiger partial charge in [-0.05, 0) is 30.3 Å². The molecule has 2 heterocycles. The van der Waals surface area contributed by atoms with Crippen LogP contribution >= 0.6 is 0 Å². The van der Waals surface area contributed by atoms with E-state index in [1.54, 1.807) is 30.3 Å². The van der Waals surface area contributed by atoms with E-state index in [0.29, 0.717) is 30.3 Å². The fourth-order valence-electron chi connectivity index (χ4n) is 3.20. The van der Waals surface area contributed by atoms with E-state index in [1.807, 2.05) is 0 Å². The van der Waals surface area contributed by atoms with E-state index in [1.165, 1.54) is 12.1 Å². The van der Waals surface area contributed by atoms with Gasteiger partial charge in [-0.2, -0.15) is 0 Å². The summed E-state index contributed by atoms with van der Waals surface area (Å²) in [5, 5.41) is 0. The third-order valence-electron chi connectivity index (χ3n) is 4.61. The van der Waals surface area contributed by atoms with Gasteiger partial charge in [-0.3, -0.25) is 14.4 Å². The number of ether oxygens (including phenoxy) is 3. The standard InChI is InChI=1S/C21H17NO7/c23-16(13-5-6-17-18(11-13)28-10-9-27-17)12-29-21(26)14-3-1-2-4-15(14)22-19(24)7-8-20(22)25/h1-6,11H,7-10,12H2. The van der Waals surface area contributed by atoms with Crippen LogP contribution in [0.15, 0.2) is 42.5 Å². The van der Waals surface area contributed by atoms with Gasteiger partial charge in [0.05, 0.1) is 11.3 Å². The molecule has 8 nitrogen and oxygen atoms in total. The topological polar surface area (TPSA) is 99.2 Å². The highest BCUT2D eigenvalue weighted by molar-refractivity contribution is 6.21. The SMILES string of the molecule is O=C(COC(=O)c1ccccc1N1C(=O)CCC1=O)c1ccc2c(c1)OCCO2. The van der Waals surface area contributed by atoms with Crippen LogP contribution in [0.3, 0.4) is 0 Å². The Morgan fingerprint density at radius 1 is 0.931 bits per heavy atom. The molecule has 2 aromatic rings. The van der Waals surface area contributed by atoms with E-state index in [-0.39, 0.29) is 35.9 Å². The summed E-state index contributed by atoms with van der Waals surface area (Å²) < 4.78 is 16.0. The summed E-state index contributed by atoms with van der Waals surface area (Å²) in [5.74, 6) is -0.936.